The summed E-state index contributed by atoms with van der Waals surface area (Å²) >= 11 is 0. The number of aliphatic hydroxyl groups is 1. The lowest BCUT2D eigenvalue weighted by atomic mass is 10.0. The Labute approximate surface area is 158 Å². The highest BCUT2D eigenvalue weighted by atomic mass is 127. The van der Waals surface area contributed by atoms with Crippen LogP contribution < -0.4 is 10.6 Å². The molecule has 1 rings (SSSR count). The van der Waals surface area contributed by atoms with Crippen molar-refractivity contribution in [1.82, 2.24) is 10.6 Å². The Bertz CT molecular complexity index is 446. The molecular weight excluding hydrogens is 401 g/mol. The average Bonchev–Trinajstić information content (AvgIpc) is 2.50. The Morgan fingerprint density at radius 3 is 2.61 bits per heavy atom. The number of hydrogen-bond donors (Lipinski definition) is 3. The maximum atomic E-state index is 9.14. The van der Waals surface area contributed by atoms with Crippen molar-refractivity contribution >= 4 is 29.9 Å². The first-order valence-electron chi connectivity index (χ1n) is 8.38. The first-order chi connectivity index (χ1) is 10.7. The molecule has 0 fully saturated rings. The van der Waals surface area contributed by atoms with Crippen molar-refractivity contribution in [3.63, 3.8) is 0 Å². The van der Waals surface area contributed by atoms with Crippen LogP contribution >= 0.6 is 24.0 Å². The second-order valence-electron chi connectivity index (χ2n) is 5.73. The summed E-state index contributed by atoms with van der Waals surface area (Å²) in [7, 11) is 0. The molecule has 0 saturated heterocycles. The Morgan fingerprint density at radius 2 is 2.00 bits per heavy atom. The third-order valence-electron chi connectivity index (χ3n) is 3.64. The predicted molar refractivity (Wildman–Crippen MR) is 110 cm³/mol. The van der Waals surface area contributed by atoms with Crippen molar-refractivity contribution in [2.45, 2.75) is 46.6 Å². The monoisotopic (exact) mass is 433 g/mol. The molecule has 23 heavy (non-hydrogen) atoms. The predicted octanol–water partition coefficient (Wildman–Crippen LogP) is 3.47. The summed E-state index contributed by atoms with van der Waals surface area (Å²) in [5.41, 5.74) is 2.48. The van der Waals surface area contributed by atoms with E-state index in [2.05, 4.69) is 60.7 Å². The maximum absolute atomic E-state index is 9.14. The lowest BCUT2D eigenvalue weighted by Crippen LogP contribution is -2.40. The lowest BCUT2D eigenvalue weighted by molar-refractivity contribution is 0.251. The molecule has 5 heteroatoms. The van der Waals surface area contributed by atoms with Crippen LogP contribution in [0.3, 0.4) is 0 Å². The number of nitrogens with one attached hydrogen (secondary N) is 2. The summed E-state index contributed by atoms with van der Waals surface area (Å²) in [6.07, 6.45) is 3.12. The van der Waals surface area contributed by atoms with Crippen LogP contribution in [0, 0.1) is 12.8 Å². The number of nitrogens with zero attached hydrogens (tertiary/aromatic N) is 1. The first-order valence-corrected chi connectivity index (χ1v) is 8.38. The van der Waals surface area contributed by atoms with E-state index in [0.29, 0.717) is 12.5 Å². The molecule has 0 aliphatic carbocycles. The summed E-state index contributed by atoms with van der Waals surface area (Å²) in [6, 6.07) is 8.43. The molecule has 3 N–H and O–H groups in total. The van der Waals surface area contributed by atoms with Gasteiger partial charge in [-0.2, -0.15) is 0 Å². The van der Waals surface area contributed by atoms with Gasteiger partial charge in [-0.3, -0.25) is 0 Å². The molecule has 0 amide bonds. The third-order valence-corrected chi connectivity index (χ3v) is 3.64. The highest BCUT2D eigenvalue weighted by Crippen LogP contribution is 2.09. The van der Waals surface area contributed by atoms with E-state index in [-0.39, 0.29) is 30.6 Å². The summed E-state index contributed by atoms with van der Waals surface area (Å²) in [6.45, 7) is 8.98. The van der Waals surface area contributed by atoms with Gasteiger partial charge < -0.3 is 15.7 Å². The molecule has 0 radical (unpaired) electrons. The average molecular weight is 433 g/mol. The highest BCUT2D eigenvalue weighted by molar-refractivity contribution is 14.0. The van der Waals surface area contributed by atoms with Crippen molar-refractivity contribution in [2.24, 2.45) is 10.9 Å². The fraction of sp³-hybridized carbons (Fsp3) is 0.611. The van der Waals surface area contributed by atoms with Crippen molar-refractivity contribution < 1.29 is 5.11 Å². The number of guanidine groups is 1. The Kier molecular flexibility index (Phi) is 13.1. The SMILES string of the molecule is CCCC(CCO)CNC(=NCc1cccc(C)c1)NCC.I. The van der Waals surface area contributed by atoms with Crippen LogP contribution in [0.15, 0.2) is 29.3 Å². The molecule has 1 aromatic rings. The number of aliphatic hydroxyl groups excluding tert-OH is 1. The van der Waals surface area contributed by atoms with E-state index >= 15 is 0 Å². The summed E-state index contributed by atoms with van der Waals surface area (Å²) in [5.74, 6) is 1.35. The van der Waals surface area contributed by atoms with E-state index in [1.54, 1.807) is 0 Å². The minimum atomic E-state index is 0. The van der Waals surface area contributed by atoms with Crippen LogP contribution in [0.25, 0.3) is 0 Å². The summed E-state index contributed by atoms with van der Waals surface area (Å²) < 4.78 is 0. The zero-order valence-corrected chi connectivity index (χ0v) is 17.0. The van der Waals surface area contributed by atoms with E-state index in [1.165, 1.54) is 11.1 Å². The number of benzene rings is 1. The zero-order valence-electron chi connectivity index (χ0n) is 14.6. The fourth-order valence-electron chi connectivity index (χ4n) is 2.50. The molecule has 0 aliphatic rings. The standard InChI is InChI=1S/C18H31N3O.HI/c1-4-7-16(10-11-22)13-20-18(19-5-2)21-14-17-9-6-8-15(3)12-17;/h6,8-9,12,16,22H,4-5,7,10-11,13-14H2,1-3H3,(H2,19,20,21);1H. The van der Waals surface area contributed by atoms with Gasteiger partial charge in [0.25, 0.3) is 0 Å². The number of rotatable bonds is 9. The second kappa shape index (κ2) is 13.6. The van der Waals surface area contributed by atoms with Crippen LogP contribution in [0.5, 0.6) is 0 Å². The van der Waals surface area contributed by atoms with E-state index < -0.39 is 0 Å². The normalized spacial score (nSPS) is 12.4. The number of hydrogen-bond acceptors (Lipinski definition) is 2. The largest absolute Gasteiger partial charge is 0.396 e. The molecule has 1 atom stereocenters. The smallest absolute Gasteiger partial charge is 0.191 e. The van der Waals surface area contributed by atoms with Gasteiger partial charge in [-0.25, -0.2) is 4.99 Å². The minimum Gasteiger partial charge on any atom is -0.396 e. The number of aryl methyl sites for hydroxylation is 1. The van der Waals surface area contributed by atoms with Crippen LogP contribution in [0.4, 0.5) is 0 Å². The van der Waals surface area contributed by atoms with Gasteiger partial charge in [0, 0.05) is 19.7 Å². The molecule has 0 aromatic heterocycles. The van der Waals surface area contributed by atoms with Gasteiger partial charge in [0.2, 0.25) is 0 Å². The first kappa shape index (κ1) is 22.2. The molecule has 0 saturated carbocycles. The zero-order chi connectivity index (χ0) is 16.2. The van der Waals surface area contributed by atoms with Gasteiger partial charge in [0.05, 0.1) is 6.54 Å². The Morgan fingerprint density at radius 1 is 1.22 bits per heavy atom. The molecule has 132 valence electrons. The summed E-state index contributed by atoms with van der Waals surface area (Å²) in [4.78, 5) is 4.65. The van der Waals surface area contributed by atoms with Gasteiger partial charge in [-0.15, -0.1) is 24.0 Å². The van der Waals surface area contributed by atoms with Crippen molar-refractivity contribution in [2.75, 3.05) is 19.7 Å². The van der Waals surface area contributed by atoms with E-state index in [9.17, 15) is 0 Å². The van der Waals surface area contributed by atoms with Gasteiger partial charge in [-0.05, 0) is 38.2 Å². The molecule has 4 nitrogen and oxygen atoms in total. The molecule has 0 heterocycles. The molecule has 1 aromatic carbocycles. The van der Waals surface area contributed by atoms with Gasteiger partial charge in [0.1, 0.15) is 0 Å². The van der Waals surface area contributed by atoms with Crippen LogP contribution in [-0.2, 0) is 6.54 Å². The van der Waals surface area contributed by atoms with E-state index in [1.807, 2.05) is 0 Å². The number of halogens is 1. The van der Waals surface area contributed by atoms with Crippen molar-refractivity contribution in [1.29, 1.82) is 0 Å². The second-order valence-corrected chi connectivity index (χ2v) is 5.73. The number of aliphatic imine (C=N–C) groups is 1. The third kappa shape index (κ3) is 9.81. The maximum Gasteiger partial charge on any atom is 0.191 e. The minimum absolute atomic E-state index is 0. The molecule has 1 unspecified atom stereocenters. The molecule has 0 spiro atoms. The Balaban J connectivity index is 0.00000484. The van der Waals surface area contributed by atoms with Gasteiger partial charge >= 0.3 is 0 Å². The van der Waals surface area contributed by atoms with Crippen molar-refractivity contribution in [3.8, 4) is 0 Å². The lowest BCUT2D eigenvalue weighted by Gasteiger charge is -2.18. The molecule has 0 bridgehead atoms. The Hall–Kier alpha value is -0.820. The van der Waals surface area contributed by atoms with Crippen molar-refractivity contribution in [3.05, 3.63) is 35.4 Å². The van der Waals surface area contributed by atoms with Crippen LogP contribution in [-0.4, -0.2) is 30.8 Å². The molecular formula is C18H32IN3O. The van der Waals surface area contributed by atoms with E-state index in [0.717, 1.165) is 38.3 Å². The molecule has 0 aliphatic heterocycles. The van der Waals surface area contributed by atoms with Gasteiger partial charge in [0.15, 0.2) is 5.96 Å². The quantitative estimate of drug-likeness (QED) is 0.318. The fourth-order valence-corrected chi connectivity index (χ4v) is 2.50. The van der Waals surface area contributed by atoms with Crippen LogP contribution in [0.2, 0.25) is 0 Å². The van der Waals surface area contributed by atoms with Crippen LogP contribution in [0.1, 0.15) is 44.2 Å². The van der Waals surface area contributed by atoms with Gasteiger partial charge in [-0.1, -0.05) is 43.2 Å². The van der Waals surface area contributed by atoms with E-state index in [4.69, 9.17) is 5.11 Å². The summed E-state index contributed by atoms with van der Waals surface area (Å²) in [5, 5.41) is 15.8. The topological polar surface area (TPSA) is 56.6 Å². The highest BCUT2D eigenvalue weighted by Gasteiger charge is 2.08.